The van der Waals surface area contributed by atoms with Gasteiger partial charge in [0, 0.05) is 12.1 Å². The number of carbonyl (C=O) groups excluding carboxylic acids is 1. The van der Waals surface area contributed by atoms with Crippen LogP contribution in [0.1, 0.15) is 60.8 Å². The number of nitrogens with zero attached hydrogens (tertiary/aromatic N) is 1. The summed E-state index contributed by atoms with van der Waals surface area (Å²) in [5.74, 6) is -2.68. The van der Waals surface area contributed by atoms with Gasteiger partial charge in [0.15, 0.2) is 9.84 Å². The van der Waals surface area contributed by atoms with Crippen LogP contribution in [0.3, 0.4) is 0 Å². The summed E-state index contributed by atoms with van der Waals surface area (Å²) in [6.07, 6.45) is -13.9. The Morgan fingerprint density at radius 2 is 1.47 bits per heavy atom. The van der Waals surface area contributed by atoms with Crippen molar-refractivity contribution in [3.05, 3.63) is 64.7 Å². The Labute approximate surface area is 253 Å². The molecule has 15 heteroatoms. The van der Waals surface area contributed by atoms with E-state index in [-0.39, 0.29) is 67.5 Å². The first-order chi connectivity index (χ1) is 20.7. The van der Waals surface area contributed by atoms with Crippen LogP contribution in [-0.2, 0) is 36.3 Å². The van der Waals surface area contributed by atoms with Crippen molar-refractivity contribution in [2.24, 2.45) is 5.92 Å². The van der Waals surface area contributed by atoms with Crippen molar-refractivity contribution < 1.29 is 59.0 Å². The van der Waals surface area contributed by atoms with Crippen LogP contribution < -0.4 is 0 Å². The maximum Gasteiger partial charge on any atom is 0.435 e. The van der Waals surface area contributed by atoms with Crippen molar-refractivity contribution in [1.29, 1.82) is 0 Å². The Morgan fingerprint density at radius 1 is 0.889 bits per heavy atom. The largest absolute Gasteiger partial charge is 0.481 e. The number of hydrogen-bond donors (Lipinski definition) is 2. The predicted molar refractivity (Wildman–Crippen MR) is 144 cm³/mol. The fraction of sp³-hybridized carbons (Fsp3) is 0.533. The summed E-state index contributed by atoms with van der Waals surface area (Å²) >= 11 is 0. The van der Waals surface area contributed by atoms with Crippen molar-refractivity contribution in [2.75, 3.05) is 6.54 Å². The highest BCUT2D eigenvalue weighted by molar-refractivity contribution is 7.92. The maximum atomic E-state index is 15.0. The summed E-state index contributed by atoms with van der Waals surface area (Å²) in [6.45, 7) is 1.48. The van der Waals surface area contributed by atoms with E-state index in [4.69, 9.17) is 0 Å². The third-order valence-electron chi connectivity index (χ3n) is 9.70. The highest BCUT2D eigenvalue weighted by Crippen LogP contribution is 2.57. The van der Waals surface area contributed by atoms with E-state index in [0.717, 1.165) is 6.07 Å². The zero-order valence-corrected chi connectivity index (χ0v) is 24.7. The zero-order valence-electron chi connectivity index (χ0n) is 23.9. The summed E-state index contributed by atoms with van der Waals surface area (Å²) in [5, 5.41) is 20.6. The second-order valence-electron chi connectivity index (χ2n) is 12.2. The van der Waals surface area contributed by atoms with Gasteiger partial charge in [0.1, 0.15) is 10.3 Å². The highest BCUT2D eigenvalue weighted by Gasteiger charge is 2.74. The van der Waals surface area contributed by atoms with Crippen molar-refractivity contribution in [3.63, 3.8) is 0 Å². The number of carbonyl (C=O) groups is 2. The van der Waals surface area contributed by atoms with Crippen LogP contribution in [0.25, 0.3) is 0 Å². The van der Waals surface area contributed by atoms with Crippen LogP contribution in [0, 0.1) is 12.8 Å². The third kappa shape index (κ3) is 4.91. The lowest BCUT2D eigenvalue weighted by Gasteiger charge is -2.45. The molecule has 1 saturated heterocycles. The smallest absolute Gasteiger partial charge is 0.435 e. The molecule has 0 aromatic heterocycles. The summed E-state index contributed by atoms with van der Waals surface area (Å²) in [7, 11) is -4.52. The van der Waals surface area contributed by atoms with Crippen LogP contribution in [0.15, 0.2) is 47.4 Å². The lowest BCUT2D eigenvalue weighted by molar-refractivity contribution is -0.348. The molecule has 0 radical (unpaired) electrons. The number of aliphatic carboxylic acids is 1. The van der Waals surface area contributed by atoms with Gasteiger partial charge in [-0.3, -0.25) is 9.59 Å². The number of sulfone groups is 1. The number of rotatable bonds is 5. The van der Waals surface area contributed by atoms with Gasteiger partial charge >= 0.3 is 24.0 Å². The number of aryl methyl sites for hydroxylation is 2. The molecule has 5 rings (SSSR count). The molecule has 2 fully saturated rings. The molecule has 1 heterocycles. The molecule has 45 heavy (non-hydrogen) atoms. The summed E-state index contributed by atoms with van der Waals surface area (Å²) < 4.78 is 123. The summed E-state index contributed by atoms with van der Waals surface area (Å²) in [5.41, 5.74) is -9.12. The number of halogens is 7. The molecule has 2 aromatic carbocycles. The fourth-order valence-electron chi connectivity index (χ4n) is 7.22. The SMILES string of the molecule is Cc1ccc(S(=O)(=O)[C@@]23CCN(C(=O)C4(O)CCC(C(=O)O)CC4)[C@@H]2CCc2cc(C(F)(C(F)(F)F)C(F)(F)F)ccc23)cc1. The van der Waals surface area contributed by atoms with Gasteiger partial charge in [0.25, 0.3) is 5.91 Å². The highest BCUT2D eigenvalue weighted by atomic mass is 32.2. The minimum atomic E-state index is -6.37. The Kier molecular flexibility index (Phi) is 7.87. The fourth-order valence-corrected chi connectivity index (χ4v) is 9.59. The van der Waals surface area contributed by atoms with Crippen LogP contribution in [0.5, 0.6) is 0 Å². The number of alkyl halides is 7. The Balaban J connectivity index is 1.64. The molecule has 0 spiro atoms. The van der Waals surface area contributed by atoms with E-state index in [9.17, 15) is 54.6 Å². The molecule has 1 saturated carbocycles. The van der Waals surface area contributed by atoms with Gasteiger partial charge in [-0.25, -0.2) is 12.8 Å². The van der Waals surface area contributed by atoms with Gasteiger partial charge < -0.3 is 15.1 Å². The predicted octanol–water partition coefficient (Wildman–Crippen LogP) is 5.51. The molecule has 0 bridgehead atoms. The summed E-state index contributed by atoms with van der Waals surface area (Å²) in [6, 6.07) is 5.93. The Hall–Kier alpha value is -3.20. The standard InChI is InChI=1S/C30H30F7NO6S/c1-17-2-6-21(7-3-17)45(43,44)27-14-15-38(25(41)26(42)12-10-18(11-13-26)24(39)40)23(27)9-4-19-16-20(5-8-22(19)27)28(31,29(32,33)34)30(35,36)37/h2-3,5-8,16,18,23,42H,4,9-15H2,1H3,(H,39,40)/t18?,23-,26?,27-/m1/s1. The van der Waals surface area contributed by atoms with E-state index in [1.54, 1.807) is 6.92 Å². The number of aliphatic hydroxyl groups is 1. The third-order valence-corrected chi connectivity index (χ3v) is 12.2. The van der Waals surface area contributed by atoms with Crippen LogP contribution in [-0.4, -0.2) is 65.9 Å². The minimum Gasteiger partial charge on any atom is -0.481 e. The molecule has 2 aromatic rings. The number of fused-ring (bicyclic) bond motifs is 3. The summed E-state index contributed by atoms with van der Waals surface area (Å²) in [4.78, 5) is 26.3. The van der Waals surface area contributed by atoms with Crippen LogP contribution >= 0.6 is 0 Å². The Morgan fingerprint density at radius 3 is 2.00 bits per heavy atom. The molecular weight excluding hydrogens is 635 g/mol. The molecule has 2 N–H and O–H groups in total. The van der Waals surface area contributed by atoms with Gasteiger partial charge in [0.05, 0.1) is 16.9 Å². The van der Waals surface area contributed by atoms with Crippen molar-refractivity contribution in [2.45, 2.75) is 91.2 Å². The normalized spacial score (nSPS) is 27.5. The van der Waals surface area contributed by atoms with E-state index in [1.807, 2.05) is 0 Å². The van der Waals surface area contributed by atoms with Crippen LogP contribution in [0.2, 0.25) is 0 Å². The first kappa shape index (κ1) is 33.2. The Bertz CT molecular complexity index is 1600. The number of amides is 1. The van der Waals surface area contributed by atoms with Gasteiger partial charge in [-0.2, -0.15) is 26.3 Å². The average molecular weight is 666 g/mol. The second kappa shape index (κ2) is 10.7. The number of carboxylic acids is 1. The van der Waals surface area contributed by atoms with E-state index >= 15 is 4.39 Å². The molecule has 3 aliphatic rings. The topological polar surface area (TPSA) is 112 Å². The molecule has 2 aliphatic carbocycles. The average Bonchev–Trinajstić information content (AvgIpc) is 3.37. The monoisotopic (exact) mass is 665 g/mol. The lowest BCUT2D eigenvalue weighted by Crippen LogP contribution is -2.57. The first-order valence-corrected chi connectivity index (χ1v) is 15.7. The minimum absolute atomic E-state index is 0.00209. The van der Waals surface area contributed by atoms with Crippen molar-refractivity contribution in [3.8, 4) is 0 Å². The first-order valence-electron chi connectivity index (χ1n) is 14.2. The molecule has 246 valence electrons. The number of likely N-dealkylation sites (tertiary alicyclic amines) is 1. The number of carboxylic acid groups (broad SMARTS) is 1. The second-order valence-corrected chi connectivity index (χ2v) is 14.4. The quantitative estimate of drug-likeness (QED) is 0.408. The molecular formula is C30H30F7NO6S. The number of hydrogen-bond acceptors (Lipinski definition) is 5. The van der Waals surface area contributed by atoms with Gasteiger partial charge in [-0.1, -0.05) is 35.9 Å². The molecule has 7 nitrogen and oxygen atoms in total. The van der Waals surface area contributed by atoms with Crippen molar-refractivity contribution in [1.82, 2.24) is 4.90 Å². The maximum absolute atomic E-state index is 15.0. The molecule has 1 aliphatic heterocycles. The van der Waals surface area contributed by atoms with E-state index in [2.05, 4.69) is 0 Å². The van der Waals surface area contributed by atoms with Gasteiger partial charge in [-0.05, 0) is 75.1 Å². The molecule has 2 atom stereocenters. The van der Waals surface area contributed by atoms with E-state index in [1.165, 1.54) is 29.2 Å². The van der Waals surface area contributed by atoms with E-state index < -0.39 is 67.6 Å². The lowest BCUT2D eigenvalue weighted by atomic mass is 9.75. The zero-order chi connectivity index (χ0) is 33.4. The van der Waals surface area contributed by atoms with Crippen LogP contribution in [0.4, 0.5) is 30.7 Å². The van der Waals surface area contributed by atoms with E-state index in [0.29, 0.717) is 17.7 Å². The molecule has 1 amide bonds. The van der Waals surface area contributed by atoms with Crippen molar-refractivity contribution >= 4 is 21.7 Å². The van der Waals surface area contributed by atoms with Gasteiger partial charge in [-0.15, -0.1) is 0 Å². The van der Waals surface area contributed by atoms with Gasteiger partial charge in [0.2, 0.25) is 0 Å². The number of benzene rings is 2. The molecule has 0 unspecified atom stereocenters.